The Labute approximate surface area is 92.1 Å². The zero-order chi connectivity index (χ0) is 11.9. The van der Waals surface area contributed by atoms with E-state index in [1.807, 2.05) is 27.7 Å². The molecule has 0 saturated carbocycles. The highest BCUT2D eigenvalue weighted by atomic mass is 16.6. The molecular formula is C11H23NO3. The first-order chi connectivity index (χ1) is 6.93. The lowest BCUT2D eigenvalue weighted by atomic mass is 9.96. The van der Waals surface area contributed by atoms with E-state index >= 15 is 0 Å². The van der Waals surface area contributed by atoms with Gasteiger partial charge in [-0.1, -0.05) is 13.8 Å². The van der Waals surface area contributed by atoms with Crippen LogP contribution in [0.25, 0.3) is 0 Å². The molecule has 0 unspecified atom stereocenters. The molecule has 2 N–H and O–H groups in total. The van der Waals surface area contributed by atoms with Gasteiger partial charge in [-0.15, -0.1) is 0 Å². The van der Waals surface area contributed by atoms with Crippen molar-refractivity contribution in [2.45, 2.75) is 52.2 Å². The highest BCUT2D eigenvalue weighted by molar-refractivity contribution is 5.70. The molecule has 0 radical (unpaired) electrons. The molecule has 0 spiro atoms. The first-order valence-corrected chi connectivity index (χ1v) is 5.49. The molecule has 0 aromatic carbocycles. The van der Waals surface area contributed by atoms with Crippen LogP contribution in [0.4, 0.5) is 0 Å². The Balaban J connectivity index is 3.73. The average Bonchev–Trinajstić information content (AvgIpc) is 2.16. The molecule has 15 heavy (non-hydrogen) atoms. The van der Waals surface area contributed by atoms with E-state index in [1.165, 1.54) is 0 Å². The maximum Gasteiger partial charge on any atom is 0.332 e. The lowest BCUT2D eigenvalue weighted by molar-refractivity contribution is -0.153. The number of rotatable bonds is 7. The molecule has 4 heteroatoms. The summed E-state index contributed by atoms with van der Waals surface area (Å²) in [7, 11) is 0. The Morgan fingerprint density at radius 1 is 1.33 bits per heavy atom. The van der Waals surface area contributed by atoms with Crippen LogP contribution in [-0.2, 0) is 14.3 Å². The summed E-state index contributed by atoms with van der Waals surface area (Å²) in [5.41, 5.74) is 5.69. The van der Waals surface area contributed by atoms with E-state index < -0.39 is 0 Å². The monoisotopic (exact) mass is 217 g/mol. The van der Waals surface area contributed by atoms with Crippen molar-refractivity contribution in [3.05, 3.63) is 0 Å². The third-order valence-electron chi connectivity index (χ3n) is 2.38. The van der Waals surface area contributed by atoms with Gasteiger partial charge in [0.1, 0.15) is 6.61 Å². The van der Waals surface area contributed by atoms with E-state index in [4.69, 9.17) is 15.2 Å². The summed E-state index contributed by atoms with van der Waals surface area (Å²) in [5, 5.41) is 0. The quantitative estimate of drug-likeness (QED) is 0.656. The third kappa shape index (κ3) is 6.47. The van der Waals surface area contributed by atoms with Gasteiger partial charge >= 0.3 is 5.97 Å². The van der Waals surface area contributed by atoms with Crippen molar-refractivity contribution in [3.8, 4) is 0 Å². The lowest BCUT2D eigenvalue weighted by Gasteiger charge is -2.25. The molecule has 0 amide bonds. The van der Waals surface area contributed by atoms with Gasteiger partial charge in [0, 0.05) is 5.54 Å². The van der Waals surface area contributed by atoms with Crippen LogP contribution in [0.5, 0.6) is 0 Å². The largest absolute Gasteiger partial charge is 0.461 e. The second-order valence-electron chi connectivity index (χ2n) is 4.10. The molecule has 0 bridgehead atoms. The van der Waals surface area contributed by atoms with E-state index in [2.05, 4.69) is 0 Å². The summed E-state index contributed by atoms with van der Waals surface area (Å²) < 4.78 is 10.2. The SMILES string of the molecule is CCC(N)(CC)COCC(=O)OC(C)C. The van der Waals surface area contributed by atoms with Gasteiger partial charge in [-0.3, -0.25) is 0 Å². The number of carbonyl (C=O) groups excluding carboxylic acids is 1. The summed E-state index contributed by atoms with van der Waals surface area (Å²) in [5.74, 6) is -0.334. The zero-order valence-electron chi connectivity index (χ0n) is 10.2. The van der Waals surface area contributed by atoms with Crippen molar-refractivity contribution >= 4 is 5.97 Å². The molecule has 4 nitrogen and oxygen atoms in total. The van der Waals surface area contributed by atoms with Crippen molar-refractivity contribution in [3.63, 3.8) is 0 Å². The first kappa shape index (κ1) is 14.4. The Morgan fingerprint density at radius 2 is 1.87 bits per heavy atom. The van der Waals surface area contributed by atoms with Crippen LogP contribution in [0.3, 0.4) is 0 Å². The van der Waals surface area contributed by atoms with Crippen molar-refractivity contribution in [1.29, 1.82) is 0 Å². The van der Waals surface area contributed by atoms with Crippen LogP contribution in [0, 0.1) is 0 Å². The summed E-state index contributed by atoms with van der Waals surface area (Å²) in [6, 6.07) is 0. The third-order valence-corrected chi connectivity index (χ3v) is 2.38. The van der Waals surface area contributed by atoms with E-state index in [9.17, 15) is 4.79 Å². The Morgan fingerprint density at radius 3 is 2.27 bits per heavy atom. The Bertz CT molecular complexity index is 188. The van der Waals surface area contributed by atoms with Crippen LogP contribution < -0.4 is 5.73 Å². The normalized spacial score (nSPS) is 11.9. The van der Waals surface area contributed by atoms with Gasteiger partial charge in [0.2, 0.25) is 0 Å². The van der Waals surface area contributed by atoms with Crippen LogP contribution in [-0.4, -0.2) is 30.8 Å². The zero-order valence-corrected chi connectivity index (χ0v) is 10.2. The fourth-order valence-electron chi connectivity index (χ4n) is 1.09. The van der Waals surface area contributed by atoms with Crippen molar-refractivity contribution in [1.82, 2.24) is 0 Å². The summed E-state index contributed by atoms with van der Waals surface area (Å²) in [4.78, 5) is 11.1. The van der Waals surface area contributed by atoms with Gasteiger partial charge in [-0.2, -0.15) is 0 Å². The number of esters is 1. The van der Waals surface area contributed by atoms with E-state index in [0.717, 1.165) is 12.8 Å². The predicted octanol–water partition coefficient (Wildman–Crippen LogP) is 1.47. The fourth-order valence-corrected chi connectivity index (χ4v) is 1.09. The lowest BCUT2D eigenvalue weighted by Crippen LogP contribution is -2.43. The van der Waals surface area contributed by atoms with Crippen molar-refractivity contribution in [2.24, 2.45) is 5.73 Å². The average molecular weight is 217 g/mol. The molecule has 0 rings (SSSR count). The molecule has 0 aromatic heterocycles. The summed E-state index contributed by atoms with van der Waals surface area (Å²) >= 11 is 0. The van der Waals surface area contributed by atoms with Gasteiger partial charge in [-0.25, -0.2) is 4.79 Å². The highest BCUT2D eigenvalue weighted by Crippen LogP contribution is 2.11. The molecule has 0 saturated heterocycles. The number of hydrogen-bond donors (Lipinski definition) is 1. The minimum absolute atomic E-state index is 0.0167. The predicted molar refractivity (Wildman–Crippen MR) is 59.5 cm³/mol. The molecule has 0 aliphatic heterocycles. The van der Waals surface area contributed by atoms with E-state index in [-0.39, 0.29) is 24.2 Å². The maximum absolute atomic E-state index is 11.1. The number of hydrogen-bond acceptors (Lipinski definition) is 4. The highest BCUT2D eigenvalue weighted by Gasteiger charge is 2.21. The van der Waals surface area contributed by atoms with Gasteiger partial charge in [-0.05, 0) is 26.7 Å². The summed E-state index contributed by atoms with van der Waals surface area (Å²) in [6.07, 6.45) is 1.58. The van der Waals surface area contributed by atoms with E-state index in [0.29, 0.717) is 6.61 Å². The molecule has 90 valence electrons. The standard InChI is InChI=1S/C11H23NO3/c1-5-11(12,6-2)8-14-7-10(13)15-9(3)4/h9H,5-8,12H2,1-4H3. The Hall–Kier alpha value is -0.610. The first-order valence-electron chi connectivity index (χ1n) is 5.49. The summed E-state index contributed by atoms with van der Waals surface area (Å²) in [6.45, 7) is 8.02. The minimum Gasteiger partial charge on any atom is -0.461 e. The molecule has 0 aromatic rings. The second-order valence-corrected chi connectivity index (χ2v) is 4.10. The Kier molecular flexibility index (Phi) is 6.52. The fraction of sp³-hybridized carbons (Fsp3) is 0.909. The van der Waals surface area contributed by atoms with Gasteiger partial charge in [0.05, 0.1) is 12.7 Å². The van der Waals surface area contributed by atoms with Gasteiger partial charge in [0.25, 0.3) is 0 Å². The van der Waals surface area contributed by atoms with Crippen LogP contribution in [0.15, 0.2) is 0 Å². The minimum atomic E-state index is -0.334. The number of nitrogens with two attached hydrogens (primary N) is 1. The van der Waals surface area contributed by atoms with Crippen LogP contribution in [0.1, 0.15) is 40.5 Å². The van der Waals surface area contributed by atoms with E-state index in [1.54, 1.807) is 0 Å². The molecule has 0 heterocycles. The van der Waals surface area contributed by atoms with Gasteiger partial charge in [0.15, 0.2) is 0 Å². The maximum atomic E-state index is 11.1. The molecule has 0 aliphatic carbocycles. The van der Waals surface area contributed by atoms with Gasteiger partial charge < -0.3 is 15.2 Å². The smallest absolute Gasteiger partial charge is 0.332 e. The van der Waals surface area contributed by atoms with Crippen LogP contribution >= 0.6 is 0 Å². The number of carbonyl (C=O) groups is 1. The molecule has 0 fully saturated rings. The van der Waals surface area contributed by atoms with Crippen molar-refractivity contribution < 1.29 is 14.3 Å². The molecular weight excluding hydrogens is 194 g/mol. The molecule has 0 atom stereocenters. The second kappa shape index (κ2) is 6.80. The topological polar surface area (TPSA) is 61.5 Å². The number of ether oxygens (including phenoxy) is 2. The van der Waals surface area contributed by atoms with Crippen molar-refractivity contribution in [2.75, 3.05) is 13.2 Å². The molecule has 0 aliphatic rings. The van der Waals surface area contributed by atoms with Crippen LogP contribution in [0.2, 0.25) is 0 Å².